The molecule has 24 heteroatoms. The topological polar surface area (TPSA) is 394 Å². The van der Waals surface area contributed by atoms with Gasteiger partial charge in [-0.1, -0.05) is 12.1 Å². The first-order valence-electron chi connectivity index (χ1n) is 20.1. The number of benzene rings is 3. The van der Waals surface area contributed by atoms with Crippen LogP contribution in [-0.4, -0.2) is 195 Å². The number of aliphatic hydroxyl groups is 10. The third-order valence-electron chi connectivity index (χ3n) is 11.1. The van der Waals surface area contributed by atoms with Crippen molar-refractivity contribution < 1.29 is 119 Å². The number of rotatable bonds is 13. The van der Waals surface area contributed by atoms with Gasteiger partial charge in [0, 0.05) is 23.8 Å². The zero-order chi connectivity index (χ0) is 47.7. The molecule has 0 amide bonds. The molecular weight excluding hydrogens is 888 g/mol. The Labute approximate surface area is 372 Å². The first-order valence-corrected chi connectivity index (χ1v) is 20.1. The van der Waals surface area contributed by atoms with Crippen molar-refractivity contribution in [3.63, 3.8) is 0 Å². The van der Waals surface area contributed by atoms with Crippen molar-refractivity contribution in [1.29, 1.82) is 0 Å². The van der Waals surface area contributed by atoms with E-state index in [2.05, 4.69) is 0 Å². The van der Waals surface area contributed by atoms with Crippen LogP contribution in [0, 0.1) is 0 Å². The van der Waals surface area contributed by atoms with Crippen molar-refractivity contribution in [2.75, 3.05) is 19.8 Å². The first kappa shape index (κ1) is 48.4. The van der Waals surface area contributed by atoms with Gasteiger partial charge in [0.2, 0.25) is 12.6 Å². The average Bonchev–Trinajstić information content (AvgIpc) is 3.29. The van der Waals surface area contributed by atoms with Crippen molar-refractivity contribution in [2.45, 2.75) is 98.2 Å². The van der Waals surface area contributed by atoms with Crippen LogP contribution < -0.4 is 9.47 Å². The van der Waals surface area contributed by atoms with E-state index in [9.17, 15) is 81.4 Å². The van der Waals surface area contributed by atoms with Gasteiger partial charge in [-0.3, -0.25) is 0 Å². The number of esters is 1. The SMILES string of the molecule is O=C(C=Cc1ccc(O)c(O)c1)OCC1OC(OC2=Cc3c(cc(O)cc3OC3OC(CO)C(O)C(O)C3O)OC2c2ccc(O)c(O)c2)C(OC2OC(CO)C(O)C(O)C2O)C(O)C1O. The summed E-state index contributed by atoms with van der Waals surface area (Å²) in [6, 6.07) is 9.35. The van der Waals surface area contributed by atoms with E-state index < -0.39 is 153 Å². The Morgan fingerprint density at radius 3 is 1.83 bits per heavy atom. The molecule has 0 saturated carbocycles. The summed E-state index contributed by atoms with van der Waals surface area (Å²) < 4.78 is 46.6. The minimum Gasteiger partial charge on any atom is -0.508 e. The Morgan fingerprint density at radius 2 is 1.20 bits per heavy atom. The molecule has 3 aromatic rings. The Hall–Kier alpha value is -5.55. The molecule has 0 spiro atoms. The molecule has 4 aliphatic heterocycles. The van der Waals surface area contributed by atoms with Crippen LogP contribution >= 0.6 is 0 Å². The van der Waals surface area contributed by atoms with Crippen molar-refractivity contribution in [2.24, 2.45) is 0 Å². The lowest BCUT2D eigenvalue weighted by atomic mass is 9.97. The largest absolute Gasteiger partial charge is 0.508 e. The number of aliphatic hydroxyl groups excluding tert-OH is 10. The maximum atomic E-state index is 12.8. The van der Waals surface area contributed by atoms with Crippen molar-refractivity contribution in [3.05, 3.63) is 77.1 Å². The zero-order valence-electron chi connectivity index (χ0n) is 34.1. The van der Waals surface area contributed by atoms with E-state index in [1.165, 1.54) is 30.4 Å². The van der Waals surface area contributed by atoms with Gasteiger partial charge in [0.25, 0.3) is 0 Å². The second kappa shape index (κ2) is 20.1. The summed E-state index contributed by atoms with van der Waals surface area (Å²) in [5.74, 6) is -4.33. The highest BCUT2D eigenvalue weighted by Crippen LogP contribution is 2.47. The Balaban J connectivity index is 1.24. The fraction of sp³-hybridized carbons (Fsp3) is 0.452. The first-order chi connectivity index (χ1) is 31.4. The molecular formula is C42H48O24. The number of aromatic hydroxyl groups is 5. The molecule has 360 valence electrons. The summed E-state index contributed by atoms with van der Waals surface area (Å²) in [6.45, 7) is -2.46. The minimum atomic E-state index is -2.09. The van der Waals surface area contributed by atoms with Gasteiger partial charge in [0.05, 0.1) is 18.8 Å². The molecule has 7 rings (SSSR count). The van der Waals surface area contributed by atoms with Gasteiger partial charge in [-0.15, -0.1) is 0 Å². The third-order valence-corrected chi connectivity index (χ3v) is 11.1. The van der Waals surface area contributed by atoms with Crippen molar-refractivity contribution >= 4 is 18.1 Å². The fourth-order valence-corrected chi connectivity index (χ4v) is 7.42. The number of phenolic OH excluding ortho intramolecular Hbond substituents is 5. The molecule has 0 radical (unpaired) electrons. The molecule has 24 nitrogen and oxygen atoms in total. The highest BCUT2D eigenvalue weighted by molar-refractivity contribution is 5.87. The molecule has 0 aliphatic carbocycles. The molecule has 15 N–H and O–H groups in total. The van der Waals surface area contributed by atoms with Gasteiger partial charge in [-0.25, -0.2) is 4.79 Å². The van der Waals surface area contributed by atoms with Crippen molar-refractivity contribution in [3.8, 4) is 40.2 Å². The van der Waals surface area contributed by atoms with E-state index in [1.54, 1.807) is 0 Å². The van der Waals surface area contributed by atoms with Gasteiger partial charge in [0.1, 0.15) is 96.8 Å². The normalized spacial score (nSPS) is 34.5. The average molecular weight is 937 g/mol. The molecule has 3 fully saturated rings. The van der Waals surface area contributed by atoms with Crippen LogP contribution in [0.5, 0.6) is 40.2 Å². The van der Waals surface area contributed by atoms with Gasteiger partial charge >= 0.3 is 5.97 Å². The lowest BCUT2D eigenvalue weighted by Gasteiger charge is -2.46. The van der Waals surface area contributed by atoms with E-state index >= 15 is 0 Å². The Kier molecular flexibility index (Phi) is 14.8. The van der Waals surface area contributed by atoms with Crippen LogP contribution in [0.25, 0.3) is 12.2 Å². The third kappa shape index (κ3) is 10.1. The summed E-state index contributed by atoms with van der Waals surface area (Å²) in [5.41, 5.74) is 0.260. The number of phenols is 5. The summed E-state index contributed by atoms with van der Waals surface area (Å²) in [7, 11) is 0. The highest BCUT2D eigenvalue weighted by Gasteiger charge is 2.53. The molecule has 16 unspecified atom stereocenters. The Morgan fingerprint density at radius 1 is 0.606 bits per heavy atom. The van der Waals surface area contributed by atoms with Crippen LogP contribution in [0.1, 0.15) is 22.8 Å². The predicted octanol–water partition coefficient (Wildman–Crippen LogP) is -3.23. The Bertz CT molecular complexity index is 2250. The van der Waals surface area contributed by atoms with Gasteiger partial charge < -0.3 is 114 Å². The quantitative estimate of drug-likeness (QED) is 0.0455. The lowest BCUT2D eigenvalue weighted by molar-refractivity contribution is -0.364. The van der Waals surface area contributed by atoms with Crippen LogP contribution in [0.2, 0.25) is 0 Å². The fourth-order valence-electron chi connectivity index (χ4n) is 7.42. The summed E-state index contributed by atoms with van der Waals surface area (Å²) >= 11 is 0. The molecule has 0 aromatic heterocycles. The standard InChI is InChI=1S/C42H48O24/c43-12-26-30(51)33(54)36(57)40(63-26)61-24-10-17(45)9-23-18(24)11-25(38(60-23)16-3-5-20(47)22(49)8-16)62-42-39(66-41-37(58)34(55)31(52)27(13-44)64-41)35(56)32(53)28(65-42)14-59-29(50)6-2-15-1-4-19(46)21(48)7-15/h1-11,26-28,30-49,51-58H,12-14H2. The van der Waals surface area contributed by atoms with E-state index in [4.69, 9.17) is 37.9 Å². The molecule has 4 heterocycles. The van der Waals surface area contributed by atoms with Gasteiger partial charge in [-0.2, -0.15) is 0 Å². The second-order valence-electron chi connectivity index (χ2n) is 15.6. The second-order valence-corrected chi connectivity index (χ2v) is 15.6. The van der Waals surface area contributed by atoms with Crippen LogP contribution in [0.15, 0.2) is 60.4 Å². The van der Waals surface area contributed by atoms with Crippen LogP contribution in [0.3, 0.4) is 0 Å². The molecule has 0 bridgehead atoms. The van der Waals surface area contributed by atoms with Crippen LogP contribution in [-0.2, 0) is 33.2 Å². The van der Waals surface area contributed by atoms with E-state index in [-0.39, 0.29) is 33.9 Å². The molecule has 66 heavy (non-hydrogen) atoms. The van der Waals surface area contributed by atoms with Gasteiger partial charge in [0.15, 0.2) is 41.5 Å². The monoisotopic (exact) mass is 936 g/mol. The number of hydrogen-bond acceptors (Lipinski definition) is 24. The summed E-state index contributed by atoms with van der Waals surface area (Å²) in [4.78, 5) is 12.8. The molecule has 3 saturated heterocycles. The lowest BCUT2D eigenvalue weighted by Crippen LogP contribution is -2.64. The van der Waals surface area contributed by atoms with E-state index in [1.807, 2.05) is 0 Å². The van der Waals surface area contributed by atoms with Crippen LogP contribution in [0.4, 0.5) is 0 Å². The summed E-state index contributed by atoms with van der Waals surface area (Å²) in [6.07, 6.45) is -25.7. The predicted molar refractivity (Wildman–Crippen MR) is 214 cm³/mol. The number of carbonyl (C=O) groups is 1. The number of fused-ring (bicyclic) bond motifs is 1. The van der Waals surface area contributed by atoms with Crippen molar-refractivity contribution in [1.82, 2.24) is 0 Å². The van der Waals surface area contributed by atoms with E-state index in [0.29, 0.717) is 0 Å². The smallest absolute Gasteiger partial charge is 0.330 e. The number of hydrogen-bond donors (Lipinski definition) is 15. The minimum absolute atomic E-state index is 0.0592. The molecule has 3 aromatic carbocycles. The van der Waals surface area contributed by atoms with E-state index in [0.717, 1.165) is 36.4 Å². The molecule has 16 atom stereocenters. The zero-order valence-corrected chi connectivity index (χ0v) is 34.1. The maximum absolute atomic E-state index is 12.8. The number of ether oxygens (including phenoxy) is 8. The number of carbonyl (C=O) groups excluding carboxylic acids is 1. The molecule has 4 aliphatic rings. The summed E-state index contributed by atoms with van der Waals surface area (Å²) in [5, 5.41) is 156. The maximum Gasteiger partial charge on any atom is 0.330 e. The van der Waals surface area contributed by atoms with Gasteiger partial charge in [-0.05, 0) is 42.0 Å². The highest BCUT2D eigenvalue weighted by atomic mass is 16.8.